The van der Waals surface area contributed by atoms with Gasteiger partial charge in [-0.2, -0.15) is 0 Å². The number of hydrogen-bond acceptors (Lipinski definition) is 6. The maximum absolute atomic E-state index is 13.9. The van der Waals surface area contributed by atoms with Crippen LogP contribution in [0, 0.1) is 5.92 Å². The van der Waals surface area contributed by atoms with Gasteiger partial charge in [0.1, 0.15) is 17.7 Å². The first-order valence-corrected chi connectivity index (χ1v) is 19.4. The number of aromatic nitrogens is 4. The van der Waals surface area contributed by atoms with Crippen molar-refractivity contribution in [3.63, 3.8) is 0 Å². The predicted octanol–water partition coefficient (Wildman–Crippen LogP) is 7.15. The Morgan fingerprint density at radius 1 is 0.673 bits per heavy atom. The molecular formula is C43H48N8O4. The Labute approximate surface area is 321 Å². The molecule has 0 spiro atoms. The average Bonchev–Trinajstić information content (AvgIpc) is 4.05. The average molecular weight is 741 g/mol. The highest BCUT2D eigenvalue weighted by atomic mass is 16.4. The fraction of sp³-hybridized carbons (Fsp3) is 0.372. The van der Waals surface area contributed by atoms with Crippen molar-refractivity contribution in [2.45, 2.75) is 56.7 Å². The zero-order chi connectivity index (χ0) is 38.1. The number of carbonyl (C=O) groups excluding carboxylic acids is 2. The first kappa shape index (κ1) is 36.2. The molecular weight excluding hydrogens is 693 g/mol. The minimum absolute atomic E-state index is 0.0916. The first-order valence-electron chi connectivity index (χ1n) is 19.4. The normalized spacial score (nSPS) is 19.7. The van der Waals surface area contributed by atoms with Crippen LogP contribution in [0.5, 0.6) is 0 Å². The Morgan fingerprint density at radius 2 is 1.16 bits per heavy atom. The monoisotopic (exact) mass is 740 g/mol. The van der Waals surface area contributed by atoms with Gasteiger partial charge < -0.3 is 29.8 Å². The molecule has 284 valence electrons. The van der Waals surface area contributed by atoms with Gasteiger partial charge in [-0.3, -0.25) is 14.5 Å². The van der Waals surface area contributed by atoms with Crippen LogP contribution < -0.4 is 0 Å². The molecule has 3 fully saturated rings. The zero-order valence-electron chi connectivity index (χ0n) is 31.4. The minimum Gasteiger partial charge on any atom is -0.465 e. The summed E-state index contributed by atoms with van der Waals surface area (Å²) in [6, 6.07) is 26.2. The number of nitrogens with one attached hydrogen (secondary N) is 2. The summed E-state index contributed by atoms with van der Waals surface area (Å²) in [4.78, 5) is 62.5. The number of rotatable bonds is 9. The molecule has 12 heteroatoms. The van der Waals surface area contributed by atoms with Crippen LogP contribution in [0.15, 0.2) is 91.3 Å². The van der Waals surface area contributed by atoms with Gasteiger partial charge in [0, 0.05) is 32.1 Å². The lowest BCUT2D eigenvalue weighted by atomic mass is 9.95. The summed E-state index contributed by atoms with van der Waals surface area (Å²) in [5, 5.41) is 9.28. The second-order valence-corrected chi connectivity index (χ2v) is 15.2. The van der Waals surface area contributed by atoms with Gasteiger partial charge in [0.05, 0.1) is 35.9 Å². The molecule has 3 N–H and O–H groups in total. The highest BCUT2D eigenvalue weighted by molar-refractivity contribution is 5.84. The second kappa shape index (κ2) is 15.5. The van der Waals surface area contributed by atoms with Gasteiger partial charge in [-0.05, 0) is 80.4 Å². The molecule has 0 unspecified atom stereocenters. The molecule has 5 aromatic rings. The third-order valence-corrected chi connectivity index (χ3v) is 11.6. The van der Waals surface area contributed by atoms with E-state index >= 15 is 0 Å². The van der Waals surface area contributed by atoms with Crippen LogP contribution >= 0.6 is 0 Å². The first-order chi connectivity index (χ1) is 26.7. The van der Waals surface area contributed by atoms with Crippen LogP contribution in [0.2, 0.25) is 0 Å². The largest absolute Gasteiger partial charge is 0.465 e. The van der Waals surface area contributed by atoms with Gasteiger partial charge in [0.15, 0.2) is 0 Å². The summed E-state index contributed by atoms with van der Waals surface area (Å²) < 4.78 is 0. The number of aromatic amines is 2. The number of nitrogens with zero attached hydrogens (tertiary/aromatic N) is 6. The van der Waals surface area contributed by atoms with Gasteiger partial charge in [-0.25, -0.2) is 14.8 Å². The smallest absolute Gasteiger partial charge is 0.407 e. The molecule has 0 radical (unpaired) electrons. The van der Waals surface area contributed by atoms with Crippen LogP contribution in [0.3, 0.4) is 0 Å². The summed E-state index contributed by atoms with van der Waals surface area (Å²) in [6.07, 6.45) is 7.50. The summed E-state index contributed by atoms with van der Waals surface area (Å²) >= 11 is 0. The number of likely N-dealkylation sites (N-methyl/N-ethyl adjacent to an activating group) is 1. The molecule has 0 bridgehead atoms. The van der Waals surface area contributed by atoms with E-state index in [1.807, 2.05) is 71.5 Å². The Morgan fingerprint density at radius 3 is 1.67 bits per heavy atom. The highest BCUT2D eigenvalue weighted by Crippen LogP contribution is 2.37. The number of H-pyrrole nitrogens is 2. The van der Waals surface area contributed by atoms with E-state index in [1.54, 1.807) is 0 Å². The number of imidazole rings is 2. The summed E-state index contributed by atoms with van der Waals surface area (Å²) in [5.74, 6) is 1.67. The van der Waals surface area contributed by atoms with Crippen LogP contribution in [-0.2, 0) is 9.59 Å². The van der Waals surface area contributed by atoms with Crippen LogP contribution in [-0.4, -0.2) is 103 Å². The highest BCUT2D eigenvalue weighted by Gasteiger charge is 2.38. The van der Waals surface area contributed by atoms with Crippen molar-refractivity contribution >= 4 is 17.9 Å². The Kier molecular flexibility index (Phi) is 10.2. The topological polar surface area (TPSA) is 142 Å². The van der Waals surface area contributed by atoms with Gasteiger partial charge in [-0.1, -0.05) is 78.9 Å². The van der Waals surface area contributed by atoms with Crippen molar-refractivity contribution in [3.05, 3.63) is 108 Å². The lowest BCUT2D eigenvalue weighted by Crippen LogP contribution is -2.44. The van der Waals surface area contributed by atoms with Gasteiger partial charge >= 0.3 is 6.09 Å². The fourth-order valence-corrected chi connectivity index (χ4v) is 8.63. The standard InChI is InChI=1S/C43H48N8O4/c1-48(2)38(32-8-4-3-5-9-32)42(53)51-23-7-11-37(51)40-45-27-35(47-40)31-18-14-29(15-19-31)28-12-16-30(17-13-28)34-26-44-39(46-34)36-10-6-22-50(36)41(52)33-20-24-49(25-21-33)43(54)55/h3-5,8-9,12-19,26-27,33,36-38H,6-7,10-11,20-25H2,1-2H3,(H,44,46)(H,45,47)(H,54,55)/t36-,37-,38+/m0/s1. The number of likely N-dealkylation sites (tertiary alicyclic amines) is 3. The summed E-state index contributed by atoms with van der Waals surface area (Å²) in [7, 11) is 3.91. The number of hydrogen-bond donors (Lipinski definition) is 3. The number of benzene rings is 3. The van der Waals surface area contributed by atoms with Crippen molar-refractivity contribution in [3.8, 4) is 33.6 Å². The molecule has 0 saturated carbocycles. The zero-order valence-corrected chi connectivity index (χ0v) is 31.4. The van der Waals surface area contributed by atoms with Gasteiger partial charge in [0.2, 0.25) is 11.8 Å². The third-order valence-electron chi connectivity index (χ3n) is 11.6. The second-order valence-electron chi connectivity index (χ2n) is 15.2. The maximum atomic E-state index is 13.9. The maximum Gasteiger partial charge on any atom is 0.407 e. The van der Waals surface area contributed by atoms with Crippen molar-refractivity contribution in [1.82, 2.24) is 39.5 Å². The molecule has 5 heterocycles. The Hall–Kier alpha value is -5.75. The molecule has 2 aromatic heterocycles. The van der Waals surface area contributed by atoms with Crippen LogP contribution in [0.1, 0.15) is 73.9 Å². The van der Waals surface area contributed by atoms with Crippen molar-refractivity contribution in [1.29, 1.82) is 0 Å². The quantitative estimate of drug-likeness (QED) is 0.146. The molecule has 8 rings (SSSR count). The molecule has 3 saturated heterocycles. The van der Waals surface area contributed by atoms with Crippen molar-refractivity contribution < 1.29 is 19.5 Å². The van der Waals surface area contributed by atoms with Crippen LogP contribution in [0.4, 0.5) is 4.79 Å². The minimum atomic E-state index is -0.917. The lowest BCUT2D eigenvalue weighted by molar-refractivity contribution is -0.138. The number of carbonyl (C=O) groups is 3. The van der Waals surface area contributed by atoms with E-state index in [1.165, 1.54) is 4.90 Å². The van der Waals surface area contributed by atoms with E-state index in [4.69, 9.17) is 9.97 Å². The summed E-state index contributed by atoms with van der Waals surface area (Å²) in [5.41, 5.74) is 7.05. The molecule has 3 aliphatic heterocycles. The Balaban J connectivity index is 0.908. The number of amides is 3. The third kappa shape index (κ3) is 7.38. The SMILES string of the molecule is CN(C)[C@@H](C(=O)N1CCC[C@H]1c1ncc(-c2ccc(-c3ccc(-c4cnc([C@@H]5CCCN5C(=O)C5CCN(C(=O)O)CC5)[nH]4)cc3)cc2)[nH]1)c1ccccc1. The molecule has 12 nitrogen and oxygen atoms in total. The van der Waals surface area contributed by atoms with Gasteiger partial charge in [0.25, 0.3) is 0 Å². The van der Waals surface area contributed by atoms with Crippen molar-refractivity contribution in [2.24, 2.45) is 5.92 Å². The molecule has 55 heavy (non-hydrogen) atoms. The molecule has 3 amide bonds. The summed E-state index contributed by atoms with van der Waals surface area (Å²) in [6.45, 7) is 2.21. The molecule has 3 aromatic carbocycles. The van der Waals surface area contributed by atoms with Crippen LogP contribution in [0.25, 0.3) is 33.6 Å². The fourth-order valence-electron chi connectivity index (χ4n) is 8.63. The Bertz CT molecular complexity index is 2120. The van der Waals surface area contributed by atoms with E-state index in [2.05, 4.69) is 58.5 Å². The molecule has 3 atom stereocenters. The van der Waals surface area contributed by atoms with E-state index < -0.39 is 6.09 Å². The number of piperidine rings is 1. The van der Waals surface area contributed by atoms with E-state index in [-0.39, 0.29) is 35.9 Å². The van der Waals surface area contributed by atoms with Gasteiger partial charge in [-0.15, -0.1) is 0 Å². The van der Waals surface area contributed by atoms with E-state index in [9.17, 15) is 19.5 Å². The van der Waals surface area contributed by atoms with E-state index in [0.29, 0.717) is 39.0 Å². The lowest BCUT2D eigenvalue weighted by Gasteiger charge is -2.33. The predicted molar refractivity (Wildman–Crippen MR) is 210 cm³/mol. The van der Waals surface area contributed by atoms with E-state index in [0.717, 1.165) is 76.5 Å². The molecule has 3 aliphatic rings. The number of carboxylic acid groups (broad SMARTS) is 1. The van der Waals surface area contributed by atoms with Crippen molar-refractivity contribution in [2.75, 3.05) is 40.3 Å². The molecule has 0 aliphatic carbocycles.